The Balaban J connectivity index is 4.39. The minimum Gasteiger partial charge on any atom is -0.468 e. The topological polar surface area (TPSA) is 43.4 Å². The van der Waals surface area contributed by atoms with Crippen molar-refractivity contribution in [3.8, 4) is 0 Å². The zero-order valence-corrected chi connectivity index (χ0v) is 12.9. The van der Waals surface area contributed by atoms with Crippen LogP contribution in [0, 0.1) is 5.92 Å². The highest BCUT2D eigenvalue weighted by Gasteiger charge is 2.22. The van der Waals surface area contributed by atoms with Gasteiger partial charge >= 0.3 is 5.97 Å². The third-order valence-electron chi connectivity index (χ3n) is 3.01. The summed E-state index contributed by atoms with van der Waals surface area (Å²) in [7, 11) is 1.29. The molecule has 0 radical (unpaired) electrons. The summed E-state index contributed by atoms with van der Waals surface area (Å²) < 4.78 is 4.61. The van der Waals surface area contributed by atoms with Gasteiger partial charge in [-0.3, -0.25) is 9.59 Å². The van der Waals surface area contributed by atoms with Crippen LogP contribution >= 0.6 is 11.6 Å². The first-order valence-corrected chi connectivity index (χ1v) is 6.76. The van der Waals surface area contributed by atoms with E-state index in [0.717, 1.165) is 24.0 Å². The van der Waals surface area contributed by atoms with Crippen molar-refractivity contribution < 1.29 is 14.3 Å². The van der Waals surface area contributed by atoms with Crippen LogP contribution in [0.4, 0.5) is 0 Å². The lowest BCUT2D eigenvalue weighted by molar-refractivity contribution is -0.148. The fourth-order valence-corrected chi connectivity index (χ4v) is 1.70. The third-order valence-corrected chi connectivity index (χ3v) is 3.60. The number of esters is 1. The highest BCUT2D eigenvalue weighted by molar-refractivity contribution is 6.22. The Morgan fingerprint density at radius 3 is 2.32 bits per heavy atom. The number of halogens is 1. The Morgan fingerprint density at radius 1 is 1.32 bits per heavy atom. The zero-order valence-electron chi connectivity index (χ0n) is 12.2. The van der Waals surface area contributed by atoms with Crippen LogP contribution in [0.1, 0.15) is 40.0 Å². The Bertz CT molecular complexity index is 372. The number of ketones is 1. The molecule has 0 aromatic carbocycles. The van der Waals surface area contributed by atoms with Crippen molar-refractivity contribution in [3.63, 3.8) is 0 Å². The first-order chi connectivity index (χ1) is 8.79. The quantitative estimate of drug-likeness (QED) is 0.296. The number of rotatable bonds is 8. The molecular formula is C15H23ClO3. The summed E-state index contributed by atoms with van der Waals surface area (Å²) in [6, 6.07) is 0. The molecule has 0 aliphatic rings. The summed E-state index contributed by atoms with van der Waals surface area (Å²) in [6.45, 7) is 9.08. The molecule has 0 rings (SSSR count). The van der Waals surface area contributed by atoms with Gasteiger partial charge in [-0.05, 0) is 40.0 Å². The average molecular weight is 287 g/mol. The largest absolute Gasteiger partial charge is 0.468 e. The van der Waals surface area contributed by atoms with Crippen LogP contribution in [0.25, 0.3) is 0 Å². The van der Waals surface area contributed by atoms with Gasteiger partial charge in [0, 0.05) is 0 Å². The maximum absolute atomic E-state index is 11.4. The number of Topliss-reactive ketones (excluding diaryl/α,β-unsaturated/α-hetero) is 1. The molecule has 0 aromatic rings. The lowest BCUT2D eigenvalue weighted by atomic mass is 9.98. The summed E-state index contributed by atoms with van der Waals surface area (Å²) in [5, 5.41) is -0.0347. The van der Waals surface area contributed by atoms with E-state index in [9.17, 15) is 9.59 Å². The van der Waals surface area contributed by atoms with Gasteiger partial charge in [-0.1, -0.05) is 23.8 Å². The van der Waals surface area contributed by atoms with Crippen molar-refractivity contribution in [1.29, 1.82) is 0 Å². The molecule has 0 aromatic heterocycles. The molecule has 0 saturated carbocycles. The molecule has 0 amide bonds. The highest BCUT2D eigenvalue weighted by atomic mass is 35.5. The third kappa shape index (κ3) is 7.16. The Kier molecular flexibility index (Phi) is 8.41. The summed E-state index contributed by atoms with van der Waals surface area (Å²) >= 11 is 6.09. The van der Waals surface area contributed by atoms with Gasteiger partial charge in [-0.2, -0.15) is 0 Å². The van der Waals surface area contributed by atoms with Gasteiger partial charge in [0.25, 0.3) is 0 Å². The van der Waals surface area contributed by atoms with E-state index in [0.29, 0.717) is 6.42 Å². The number of allylic oxidation sites excluding steroid dienone is 3. The van der Waals surface area contributed by atoms with E-state index < -0.39 is 11.9 Å². The number of carbonyl (C=O) groups is 2. The molecule has 108 valence electrons. The van der Waals surface area contributed by atoms with Gasteiger partial charge in [-0.15, -0.1) is 11.6 Å². The SMILES string of the molecule is C=C(C)C(Cl)CCC(C)=CCC(C(C)=O)C(=O)OC. The van der Waals surface area contributed by atoms with E-state index >= 15 is 0 Å². The molecular weight excluding hydrogens is 264 g/mol. The van der Waals surface area contributed by atoms with Gasteiger partial charge in [0.2, 0.25) is 0 Å². The van der Waals surface area contributed by atoms with Crippen LogP contribution in [0.3, 0.4) is 0 Å². The predicted octanol–water partition coefficient (Wildman–Crippen LogP) is 3.66. The summed E-state index contributed by atoms with van der Waals surface area (Å²) in [4.78, 5) is 22.8. The maximum Gasteiger partial charge on any atom is 0.316 e. The second-order valence-corrected chi connectivity index (χ2v) is 5.35. The van der Waals surface area contributed by atoms with E-state index in [1.807, 2.05) is 19.9 Å². The summed E-state index contributed by atoms with van der Waals surface area (Å²) in [5.41, 5.74) is 2.06. The maximum atomic E-state index is 11.4. The molecule has 0 fully saturated rings. The first kappa shape index (κ1) is 17.9. The average Bonchev–Trinajstić information content (AvgIpc) is 2.34. The zero-order chi connectivity index (χ0) is 15.0. The van der Waals surface area contributed by atoms with Crippen LogP contribution in [0.5, 0.6) is 0 Å². The van der Waals surface area contributed by atoms with Crippen molar-refractivity contribution in [2.45, 2.75) is 45.4 Å². The van der Waals surface area contributed by atoms with Crippen molar-refractivity contribution in [3.05, 3.63) is 23.8 Å². The molecule has 0 heterocycles. The monoisotopic (exact) mass is 286 g/mol. The van der Waals surface area contributed by atoms with Gasteiger partial charge in [0.15, 0.2) is 0 Å². The Hall–Kier alpha value is -1.09. The van der Waals surface area contributed by atoms with E-state index in [1.165, 1.54) is 14.0 Å². The van der Waals surface area contributed by atoms with Crippen LogP contribution in [-0.2, 0) is 14.3 Å². The van der Waals surface area contributed by atoms with Crippen molar-refractivity contribution in [2.24, 2.45) is 5.92 Å². The number of alkyl halides is 1. The lowest BCUT2D eigenvalue weighted by Gasteiger charge is -2.11. The van der Waals surface area contributed by atoms with Gasteiger partial charge in [0.1, 0.15) is 11.7 Å². The number of methoxy groups -OCH3 is 1. The van der Waals surface area contributed by atoms with E-state index in [4.69, 9.17) is 11.6 Å². The van der Waals surface area contributed by atoms with Crippen molar-refractivity contribution in [1.82, 2.24) is 0 Å². The second kappa shape index (κ2) is 8.92. The molecule has 0 spiro atoms. The highest BCUT2D eigenvalue weighted by Crippen LogP contribution is 2.18. The normalized spacial score (nSPS) is 14.7. The minimum atomic E-state index is -0.701. The predicted molar refractivity (Wildman–Crippen MR) is 78.3 cm³/mol. The molecule has 0 bridgehead atoms. The molecule has 0 aliphatic heterocycles. The van der Waals surface area contributed by atoms with Crippen molar-refractivity contribution >= 4 is 23.4 Å². The smallest absolute Gasteiger partial charge is 0.316 e. The van der Waals surface area contributed by atoms with Gasteiger partial charge < -0.3 is 4.74 Å². The van der Waals surface area contributed by atoms with Gasteiger partial charge in [-0.25, -0.2) is 0 Å². The molecule has 2 unspecified atom stereocenters. The number of ether oxygens (including phenoxy) is 1. The molecule has 0 saturated heterocycles. The number of hydrogen-bond donors (Lipinski definition) is 0. The fraction of sp³-hybridized carbons (Fsp3) is 0.600. The number of carbonyl (C=O) groups excluding carboxylic acids is 2. The second-order valence-electron chi connectivity index (χ2n) is 4.83. The first-order valence-electron chi connectivity index (χ1n) is 6.33. The number of hydrogen-bond acceptors (Lipinski definition) is 3. The summed E-state index contributed by atoms with van der Waals surface area (Å²) in [5.74, 6) is -1.35. The van der Waals surface area contributed by atoms with E-state index in [-0.39, 0.29) is 11.2 Å². The minimum absolute atomic E-state index is 0.0347. The van der Waals surface area contributed by atoms with Crippen LogP contribution in [0.15, 0.2) is 23.8 Å². The Labute approximate surface area is 120 Å². The van der Waals surface area contributed by atoms with Gasteiger partial charge in [0.05, 0.1) is 12.5 Å². The Morgan fingerprint density at radius 2 is 1.89 bits per heavy atom. The molecule has 0 N–H and O–H groups in total. The molecule has 19 heavy (non-hydrogen) atoms. The van der Waals surface area contributed by atoms with E-state index in [2.05, 4.69) is 11.3 Å². The van der Waals surface area contributed by atoms with Crippen LogP contribution in [-0.4, -0.2) is 24.2 Å². The van der Waals surface area contributed by atoms with E-state index in [1.54, 1.807) is 0 Å². The molecule has 0 aliphatic carbocycles. The fourth-order valence-electron chi connectivity index (χ4n) is 1.59. The lowest BCUT2D eigenvalue weighted by Crippen LogP contribution is -2.22. The van der Waals surface area contributed by atoms with Crippen molar-refractivity contribution in [2.75, 3.05) is 7.11 Å². The standard InChI is InChI=1S/C15H23ClO3/c1-10(2)14(16)9-7-11(3)6-8-13(12(4)17)15(18)19-5/h6,13-14H,1,7-9H2,2-5H3. The summed E-state index contributed by atoms with van der Waals surface area (Å²) in [6.07, 6.45) is 3.92. The molecule has 2 atom stereocenters. The van der Waals surface area contributed by atoms with Crippen LogP contribution < -0.4 is 0 Å². The molecule has 4 heteroatoms. The molecule has 3 nitrogen and oxygen atoms in total. The van der Waals surface area contributed by atoms with Crippen LogP contribution in [0.2, 0.25) is 0 Å².